The Kier molecular flexibility index (Phi) is 4.16. The van der Waals surface area contributed by atoms with Gasteiger partial charge in [-0.3, -0.25) is 0 Å². The van der Waals surface area contributed by atoms with Gasteiger partial charge in [-0.1, -0.05) is 51.1 Å². The highest BCUT2D eigenvalue weighted by atomic mass is 15.3. The minimum absolute atomic E-state index is 0.0357. The number of nitrogens with two attached hydrogens (primary N) is 1. The van der Waals surface area contributed by atoms with E-state index in [4.69, 9.17) is 10.8 Å². The lowest BCUT2D eigenvalue weighted by Gasteiger charge is -2.21. The van der Waals surface area contributed by atoms with E-state index in [2.05, 4.69) is 50.0 Å². The van der Waals surface area contributed by atoms with E-state index in [9.17, 15) is 0 Å². The second-order valence-electron chi connectivity index (χ2n) is 8.13. The first-order chi connectivity index (χ1) is 12.4. The summed E-state index contributed by atoms with van der Waals surface area (Å²) in [5.74, 6) is 0.857. The van der Waals surface area contributed by atoms with E-state index >= 15 is 0 Å². The molecule has 4 heteroatoms. The number of benzene rings is 1. The maximum Gasteiger partial charge on any atom is 0.153 e. The maximum absolute atomic E-state index is 6.50. The van der Waals surface area contributed by atoms with E-state index in [-0.39, 0.29) is 11.5 Å². The van der Waals surface area contributed by atoms with Gasteiger partial charge in [-0.05, 0) is 42.4 Å². The fraction of sp³-hybridized carbons (Fsp3) is 0.364. The Labute approximate surface area is 155 Å². The summed E-state index contributed by atoms with van der Waals surface area (Å²) in [6.45, 7) is 6.70. The zero-order valence-electron chi connectivity index (χ0n) is 15.7. The Bertz CT molecular complexity index is 902. The van der Waals surface area contributed by atoms with Crippen molar-refractivity contribution in [2.75, 3.05) is 0 Å². The van der Waals surface area contributed by atoms with Crippen LogP contribution in [0.3, 0.4) is 0 Å². The van der Waals surface area contributed by atoms with E-state index in [1.54, 1.807) is 0 Å². The van der Waals surface area contributed by atoms with Crippen LogP contribution in [-0.4, -0.2) is 14.8 Å². The van der Waals surface area contributed by atoms with Crippen molar-refractivity contribution in [1.29, 1.82) is 0 Å². The predicted molar refractivity (Wildman–Crippen MR) is 105 cm³/mol. The third-order valence-corrected chi connectivity index (χ3v) is 5.21. The fourth-order valence-electron chi connectivity index (χ4n) is 3.74. The molecule has 2 heterocycles. The summed E-state index contributed by atoms with van der Waals surface area (Å²) in [5, 5.41) is 4.95. The average Bonchev–Trinajstić information content (AvgIpc) is 3.03. The molecule has 4 nitrogen and oxygen atoms in total. The Hall–Kier alpha value is -2.46. The molecule has 1 atom stereocenters. The molecule has 1 unspecified atom stereocenters. The molecule has 0 fully saturated rings. The molecular weight excluding hydrogens is 320 g/mol. The van der Waals surface area contributed by atoms with Crippen molar-refractivity contribution in [3.63, 3.8) is 0 Å². The van der Waals surface area contributed by atoms with Crippen molar-refractivity contribution in [2.24, 2.45) is 5.73 Å². The van der Waals surface area contributed by atoms with Crippen molar-refractivity contribution < 1.29 is 0 Å². The molecule has 0 aliphatic heterocycles. The van der Waals surface area contributed by atoms with Crippen LogP contribution >= 0.6 is 0 Å². The lowest BCUT2D eigenvalue weighted by molar-refractivity contribution is 0.557. The first-order valence-electron chi connectivity index (χ1n) is 9.35. The standard InChI is InChI=1S/C22H26N4/c1-22(2,3)16-12-10-15(11-13-16)21-20-17(23)7-6-8-18(20)26(25-21)19-9-4-5-14-24-19/h4-5,9-14,17H,6-8,23H2,1-3H3. The molecule has 4 rings (SSSR count). The largest absolute Gasteiger partial charge is 0.324 e. The molecule has 0 saturated heterocycles. The summed E-state index contributed by atoms with van der Waals surface area (Å²) in [5.41, 5.74) is 12.5. The summed E-state index contributed by atoms with van der Waals surface area (Å²) in [7, 11) is 0. The fourth-order valence-corrected chi connectivity index (χ4v) is 3.74. The van der Waals surface area contributed by atoms with Gasteiger partial charge in [-0.15, -0.1) is 0 Å². The van der Waals surface area contributed by atoms with Crippen LogP contribution in [0.25, 0.3) is 17.1 Å². The highest BCUT2D eigenvalue weighted by Gasteiger charge is 2.28. The molecule has 0 spiro atoms. The summed E-state index contributed by atoms with van der Waals surface area (Å²) >= 11 is 0. The second-order valence-corrected chi connectivity index (χ2v) is 8.13. The number of hydrogen-bond acceptors (Lipinski definition) is 3. The third-order valence-electron chi connectivity index (χ3n) is 5.21. The molecule has 3 aromatic rings. The second kappa shape index (κ2) is 6.36. The van der Waals surface area contributed by atoms with Crippen molar-refractivity contribution in [3.8, 4) is 17.1 Å². The van der Waals surface area contributed by atoms with Gasteiger partial charge in [0.1, 0.15) is 0 Å². The molecule has 1 aliphatic carbocycles. The van der Waals surface area contributed by atoms with Crippen LogP contribution in [0.4, 0.5) is 0 Å². The molecule has 1 aromatic carbocycles. The summed E-state index contributed by atoms with van der Waals surface area (Å²) in [6.07, 6.45) is 4.90. The van der Waals surface area contributed by atoms with Crippen LogP contribution in [0.15, 0.2) is 48.7 Å². The normalized spacial score (nSPS) is 17.2. The Morgan fingerprint density at radius 2 is 1.85 bits per heavy atom. The quantitative estimate of drug-likeness (QED) is 0.739. The zero-order chi connectivity index (χ0) is 18.3. The molecule has 0 bridgehead atoms. The SMILES string of the molecule is CC(C)(C)c1ccc(-c2nn(-c3ccccn3)c3c2C(N)CCC3)cc1. The number of fused-ring (bicyclic) bond motifs is 1. The molecule has 2 aromatic heterocycles. The van der Waals surface area contributed by atoms with Gasteiger partial charge in [0, 0.05) is 23.4 Å². The van der Waals surface area contributed by atoms with Crippen LogP contribution in [-0.2, 0) is 11.8 Å². The van der Waals surface area contributed by atoms with Gasteiger partial charge in [-0.2, -0.15) is 5.10 Å². The highest BCUT2D eigenvalue weighted by Crippen LogP contribution is 2.37. The number of rotatable bonds is 2. The Balaban J connectivity index is 1.85. The van der Waals surface area contributed by atoms with Crippen molar-refractivity contribution in [1.82, 2.24) is 14.8 Å². The molecule has 0 radical (unpaired) electrons. The van der Waals surface area contributed by atoms with Crippen LogP contribution in [0.1, 0.15) is 56.5 Å². The number of aromatic nitrogens is 3. The smallest absolute Gasteiger partial charge is 0.153 e. The summed E-state index contributed by atoms with van der Waals surface area (Å²) < 4.78 is 1.99. The molecular formula is C22H26N4. The lowest BCUT2D eigenvalue weighted by atomic mass is 9.85. The van der Waals surface area contributed by atoms with Crippen LogP contribution in [0.5, 0.6) is 0 Å². The van der Waals surface area contributed by atoms with Crippen LogP contribution in [0.2, 0.25) is 0 Å². The molecule has 134 valence electrons. The van der Waals surface area contributed by atoms with Gasteiger partial charge in [0.15, 0.2) is 5.82 Å². The van der Waals surface area contributed by atoms with Crippen LogP contribution < -0.4 is 5.73 Å². The van der Waals surface area contributed by atoms with Gasteiger partial charge in [0.05, 0.1) is 11.4 Å². The number of nitrogens with zero attached hydrogens (tertiary/aromatic N) is 3. The van der Waals surface area contributed by atoms with E-state index in [1.807, 2.05) is 29.1 Å². The maximum atomic E-state index is 6.50. The molecule has 0 amide bonds. The summed E-state index contributed by atoms with van der Waals surface area (Å²) in [6, 6.07) is 14.7. The van der Waals surface area contributed by atoms with Gasteiger partial charge in [-0.25, -0.2) is 9.67 Å². The molecule has 2 N–H and O–H groups in total. The first-order valence-corrected chi connectivity index (χ1v) is 9.35. The van der Waals surface area contributed by atoms with E-state index in [0.717, 1.165) is 36.3 Å². The zero-order valence-corrected chi connectivity index (χ0v) is 15.7. The van der Waals surface area contributed by atoms with Crippen LogP contribution in [0, 0.1) is 0 Å². The third kappa shape index (κ3) is 2.95. The Morgan fingerprint density at radius 3 is 2.50 bits per heavy atom. The lowest BCUT2D eigenvalue weighted by Crippen LogP contribution is -2.18. The highest BCUT2D eigenvalue weighted by molar-refractivity contribution is 5.66. The van der Waals surface area contributed by atoms with Crippen molar-refractivity contribution >= 4 is 0 Å². The van der Waals surface area contributed by atoms with Gasteiger partial charge in [0.2, 0.25) is 0 Å². The van der Waals surface area contributed by atoms with Gasteiger partial charge in [0.25, 0.3) is 0 Å². The Morgan fingerprint density at radius 1 is 1.08 bits per heavy atom. The first kappa shape index (κ1) is 17.0. The monoisotopic (exact) mass is 346 g/mol. The number of hydrogen-bond donors (Lipinski definition) is 1. The topological polar surface area (TPSA) is 56.7 Å². The van der Waals surface area contributed by atoms with Gasteiger partial charge < -0.3 is 5.73 Å². The van der Waals surface area contributed by atoms with E-state index in [1.165, 1.54) is 16.8 Å². The minimum Gasteiger partial charge on any atom is -0.324 e. The summed E-state index contributed by atoms with van der Waals surface area (Å²) in [4.78, 5) is 4.50. The predicted octanol–water partition coefficient (Wildman–Crippen LogP) is 4.57. The molecule has 0 saturated carbocycles. The van der Waals surface area contributed by atoms with E-state index in [0.29, 0.717) is 0 Å². The molecule has 1 aliphatic rings. The van der Waals surface area contributed by atoms with Gasteiger partial charge >= 0.3 is 0 Å². The van der Waals surface area contributed by atoms with Crippen molar-refractivity contribution in [3.05, 3.63) is 65.5 Å². The number of pyridine rings is 1. The molecule has 26 heavy (non-hydrogen) atoms. The van der Waals surface area contributed by atoms with Crippen molar-refractivity contribution in [2.45, 2.75) is 51.5 Å². The minimum atomic E-state index is 0.0357. The van der Waals surface area contributed by atoms with E-state index < -0.39 is 0 Å². The average molecular weight is 346 g/mol.